The summed E-state index contributed by atoms with van der Waals surface area (Å²) in [6.07, 6.45) is -3.08. The first-order valence-electron chi connectivity index (χ1n) is 7.31. The first-order chi connectivity index (χ1) is 10.4. The second-order valence-corrected chi connectivity index (χ2v) is 4.80. The number of halogens is 2. The molecule has 0 saturated carbocycles. The summed E-state index contributed by atoms with van der Waals surface area (Å²) in [5.74, 6) is -2.47. The maximum atomic E-state index is 13.4. The van der Waals surface area contributed by atoms with Crippen molar-refractivity contribution in [2.45, 2.75) is 39.2 Å². The van der Waals surface area contributed by atoms with E-state index in [9.17, 15) is 18.7 Å². The SMILES string of the molecule is CCOC(=O)C(C(F)F)C(O)(CC)c1ccc(OCC)cc1. The van der Waals surface area contributed by atoms with Gasteiger partial charge in [-0.05, 0) is 38.0 Å². The van der Waals surface area contributed by atoms with Crippen LogP contribution < -0.4 is 4.74 Å². The molecule has 0 amide bonds. The highest BCUT2D eigenvalue weighted by Crippen LogP contribution is 2.38. The number of aliphatic hydroxyl groups is 1. The molecule has 2 atom stereocenters. The number of benzene rings is 1. The van der Waals surface area contributed by atoms with Crippen LogP contribution in [0.3, 0.4) is 0 Å². The number of hydrogen-bond donors (Lipinski definition) is 1. The van der Waals surface area contributed by atoms with Gasteiger partial charge in [-0.25, -0.2) is 8.78 Å². The van der Waals surface area contributed by atoms with Gasteiger partial charge in [-0.2, -0.15) is 0 Å². The highest BCUT2D eigenvalue weighted by atomic mass is 19.3. The van der Waals surface area contributed by atoms with E-state index in [1.165, 1.54) is 19.1 Å². The fourth-order valence-corrected chi connectivity index (χ4v) is 2.35. The molecule has 0 radical (unpaired) electrons. The summed E-state index contributed by atoms with van der Waals surface area (Å²) in [5.41, 5.74) is -1.76. The van der Waals surface area contributed by atoms with E-state index >= 15 is 0 Å². The predicted octanol–water partition coefficient (Wildman–Crippen LogP) is 3.13. The topological polar surface area (TPSA) is 55.8 Å². The molecular weight excluding hydrogens is 294 g/mol. The molecule has 22 heavy (non-hydrogen) atoms. The minimum Gasteiger partial charge on any atom is -0.494 e. The van der Waals surface area contributed by atoms with Crippen LogP contribution in [-0.4, -0.2) is 30.7 Å². The summed E-state index contributed by atoms with van der Waals surface area (Å²) in [6, 6.07) is 6.13. The average molecular weight is 316 g/mol. The summed E-state index contributed by atoms with van der Waals surface area (Å²) >= 11 is 0. The van der Waals surface area contributed by atoms with Crippen LogP contribution >= 0.6 is 0 Å². The molecule has 6 heteroatoms. The van der Waals surface area contributed by atoms with Crippen molar-refractivity contribution in [3.05, 3.63) is 29.8 Å². The minimum atomic E-state index is -3.03. The normalized spacial score (nSPS) is 15.2. The molecule has 4 nitrogen and oxygen atoms in total. The highest BCUT2D eigenvalue weighted by molar-refractivity contribution is 5.74. The smallest absolute Gasteiger partial charge is 0.318 e. The van der Waals surface area contributed by atoms with Crippen LogP contribution in [0.25, 0.3) is 0 Å². The van der Waals surface area contributed by atoms with E-state index in [-0.39, 0.29) is 18.6 Å². The molecule has 2 unspecified atom stereocenters. The van der Waals surface area contributed by atoms with Gasteiger partial charge in [-0.1, -0.05) is 19.1 Å². The zero-order valence-corrected chi connectivity index (χ0v) is 13.0. The molecule has 0 fully saturated rings. The van der Waals surface area contributed by atoms with Crippen molar-refractivity contribution in [2.75, 3.05) is 13.2 Å². The Balaban J connectivity index is 3.18. The van der Waals surface area contributed by atoms with Gasteiger partial charge in [0.2, 0.25) is 0 Å². The van der Waals surface area contributed by atoms with Crippen LogP contribution in [0.2, 0.25) is 0 Å². The third-order valence-electron chi connectivity index (χ3n) is 3.51. The Labute approximate surface area is 129 Å². The second kappa shape index (κ2) is 8.08. The standard InChI is InChI=1S/C16H22F2O4/c1-4-16(20,13(14(17)18)15(19)22-6-3)11-7-9-12(10-8-11)21-5-2/h7-10,13-14,20H,4-6H2,1-3H3. The van der Waals surface area contributed by atoms with E-state index < -0.39 is 23.9 Å². The number of alkyl halides is 2. The van der Waals surface area contributed by atoms with Crippen molar-refractivity contribution in [1.29, 1.82) is 0 Å². The zero-order valence-electron chi connectivity index (χ0n) is 13.0. The summed E-state index contributed by atoms with van der Waals surface area (Å²) < 4.78 is 36.7. The van der Waals surface area contributed by atoms with E-state index in [0.29, 0.717) is 12.4 Å². The highest BCUT2D eigenvalue weighted by Gasteiger charge is 2.48. The van der Waals surface area contributed by atoms with Crippen LogP contribution in [-0.2, 0) is 15.1 Å². The molecule has 124 valence electrons. The summed E-state index contributed by atoms with van der Waals surface area (Å²) in [4.78, 5) is 11.8. The molecule has 0 aliphatic heterocycles. The molecule has 0 spiro atoms. The summed E-state index contributed by atoms with van der Waals surface area (Å²) in [7, 11) is 0. The monoisotopic (exact) mass is 316 g/mol. The van der Waals surface area contributed by atoms with Gasteiger partial charge >= 0.3 is 5.97 Å². The molecule has 0 aliphatic rings. The van der Waals surface area contributed by atoms with Gasteiger partial charge in [0, 0.05) is 0 Å². The van der Waals surface area contributed by atoms with Crippen molar-refractivity contribution in [3.8, 4) is 5.75 Å². The number of carbonyl (C=O) groups excluding carboxylic acids is 1. The molecule has 0 saturated heterocycles. The molecule has 0 aromatic heterocycles. The quantitative estimate of drug-likeness (QED) is 0.749. The van der Waals surface area contributed by atoms with Gasteiger partial charge in [0.25, 0.3) is 6.43 Å². The van der Waals surface area contributed by atoms with Crippen molar-refractivity contribution in [1.82, 2.24) is 0 Å². The van der Waals surface area contributed by atoms with Crippen molar-refractivity contribution in [2.24, 2.45) is 5.92 Å². The Hall–Kier alpha value is -1.69. The van der Waals surface area contributed by atoms with Crippen LogP contribution in [0.1, 0.15) is 32.8 Å². The third-order valence-corrected chi connectivity index (χ3v) is 3.51. The van der Waals surface area contributed by atoms with Crippen LogP contribution in [0, 0.1) is 5.92 Å². The third kappa shape index (κ3) is 3.94. The van der Waals surface area contributed by atoms with Crippen molar-refractivity contribution < 1.29 is 28.2 Å². The van der Waals surface area contributed by atoms with E-state index in [1.807, 2.05) is 6.92 Å². The summed E-state index contributed by atoms with van der Waals surface area (Å²) in [6.45, 7) is 5.35. The fraction of sp³-hybridized carbons (Fsp3) is 0.562. The summed E-state index contributed by atoms with van der Waals surface area (Å²) in [5, 5.41) is 10.7. The Kier molecular flexibility index (Phi) is 6.74. The van der Waals surface area contributed by atoms with Gasteiger partial charge in [0.05, 0.1) is 13.2 Å². The largest absolute Gasteiger partial charge is 0.494 e. The zero-order chi connectivity index (χ0) is 16.8. The number of ether oxygens (including phenoxy) is 2. The molecular formula is C16H22F2O4. The molecule has 1 aromatic rings. The number of hydrogen-bond acceptors (Lipinski definition) is 4. The van der Waals surface area contributed by atoms with E-state index in [1.54, 1.807) is 19.1 Å². The second-order valence-electron chi connectivity index (χ2n) is 4.80. The molecule has 1 aromatic carbocycles. The van der Waals surface area contributed by atoms with Gasteiger partial charge in [0.1, 0.15) is 11.4 Å². The van der Waals surface area contributed by atoms with E-state index in [4.69, 9.17) is 9.47 Å². The maximum Gasteiger partial charge on any atom is 0.318 e. The van der Waals surface area contributed by atoms with Crippen molar-refractivity contribution >= 4 is 5.97 Å². The van der Waals surface area contributed by atoms with Crippen molar-refractivity contribution in [3.63, 3.8) is 0 Å². The van der Waals surface area contributed by atoms with Crippen LogP contribution in [0.5, 0.6) is 5.75 Å². The number of rotatable bonds is 8. The molecule has 0 bridgehead atoms. The average Bonchev–Trinajstić information content (AvgIpc) is 2.48. The molecule has 0 heterocycles. The first kappa shape index (κ1) is 18.4. The number of carbonyl (C=O) groups is 1. The minimum absolute atomic E-state index is 0.0227. The molecule has 1 rings (SSSR count). The Morgan fingerprint density at radius 3 is 2.18 bits per heavy atom. The fourth-order valence-electron chi connectivity index (χ4n) is 2.35. The Morgan fingerprint density at radius 2 is 1.77 bits per heavy atom. The van der Waals surface area contributed by atoms with Crippen LogP contribution in [0.15, 0.2) is 24.3 Å². The van der Waals surface area contributed by atoms with Gasteiger partial charge < -0.3 is 14.6 Å². The van der Waals surface area contributed by atoms with Gasteiger partial charge in [0.15, 0.2) is 5.92 Å². The lowest BCUT2D eigenvalue weighted by Crippen LogP contribution is -2.44. The Morgan fingerprint density at radius 1 is 1.18 bits per heavy atom. The lowest BCUT2D eigenvalue weighted by molar-refractivity contribution is -0.172. The molecule has 0 aliphatic carbocycles. The van der Waals surface area contributed by atoms with Gasteiger partial charge in [-0.15, -0.1) is 0 Å². The lowest BCUT2D eigenvalue weighted by atomic mass is 9.79. The number of esters is 1. The maximum absolute atomic E-state index is 13.4. The van der Waals surface area contributed by atoms with E-state index in [2.05, 4.69) is 0 Å². The Bertz CT molecular complexity index is 476. The van der Waals surface area contributed by atoms with Gasteiger partial charge in [-0.3, -0.25) is 4.79 Å². The van der Waals surface area contributed by atoms with E-state index in [0.717, 1.165) is 0 Å². The van der Waals surface area contributed by atoms with Crippen LogP contribution in [0.4, 0.5) is 8.78 Å². The predicted molar refractivity (Wildman–Crippen MR) is 77.9 cm³/mol. The molecule has 1 N–H and O–H groups in total. The lowest BCUT2D eigenvalue weighted by Gasteiger charge is -2.34. The first-order valence-corrected chi connectivity index (χ1v) is 7.31.